The van der Waals surface area contributed by atoms with E-state index >= 15 is 0 Å². The molecule has 1 aliphatic rings. The van der Waals surface area contributed by atoms with Gasteiger partial charge in [0.05, 0.1) is 0 Å². The van der Waals surface area contributed by atoms with Crippen LogP contribution in [0.1, 0.15) is 23.6 Å². The van der Waals surface area contributed by atoms with Crippen LogP contribution in [-0.2, 0) is 10.3 Å². The lowest BCUT2D eigenvalue weighted by atomic mass is 9.91. The number of rotatable bonds is 2. The number of benzene rings is 3. The van der Waals surface area contributed by atoms with Gasteiger partial charge in [-0.1, -0.05) is 66.7 Å². The summed E-state index contributed by atoms with van der Waals surface area (Å²) in [5.74, 6) is 0. The van der Waals surface area contributed by atoms with Gasteiger partial charge in [0.1, 0.15) is 5.60 Å². The van der Waals surface area contributed by atoms with E-state index in [2.05, 4.69) is 79.7 Å². The molecule has 1 atom stereocenters. The second-order valence-corrected chi connectivity index (χ2v) is 5.94. The minimum Gasteiger partial charge on any atom is -0.370 e. The van der Waals surface area contributed by atoms with Gasteiger partial charge in [0, 0.05) is 7.11 Å². The van der Waals surface area contributed by atoms with E-state index < -0.39 is 0 Å². The molecule has 1 aliphatic carbocycles. The first-order valence-corrected chi connectivity index (χ1v) is 7.59. The molecule has 0 heterocycles. The Hall–Kier alpha value is -2.38. The van der Waals surface area contributed by atoms with Gasteiger partial charge >= 0.3 is 0 Å². The largest absolute Gasteiger partial charge is 0.370 e. The smallest absolute Gasteiger partial charge is 0.110 e. The molecule has 0 N–H and O–H groups in total. The average molecular weight is 286 g/mol. The zero-order chi connectivity index (χ0) is 15.2. The Morgan fingerprint density at radius 3 is 2.32 bits per heavy atom. The van der Waals surface area contributed by atoms with E-state index in [-0.39, 0.29) is 5.60 Å². The third kappa shape index (κ3) is 1.83. The molecule has 1 nitrogen and oxygen atoms in total. The Labute approximate surface area is 130 Å². The number of hydrogen-bond acceptors (Lipinski definition) is 1. The average Bonchev–Trinajstić information content (AvgIpc) is 2.90. The van der Waals surface area contributed by atoms with Crippen molar-refractivity contribution in [3.05, 3.63) is 89.5 Å². The van der Waals surface area contributed by atoms with Crippen LogP contribution in [-0.4, -0.2) is 7.11 Å². The molecule has 4 rings (SSSR count). The molecule has 0 spiro atoms. The molecule has 0 aliphatic heterocycles. The second-order valence-electron chi connectivity index (χ2n) is 5.94. The van der Waals surface area contributed by atoms with Crippen molar-refractivity contribution in [3.8, 4) is 0 Å². The van der Waals surface area contributed by atoms with E-state index in [0.717, 1.165) is 0 Å². The molecule has 0 fully saturated rings. The van der Waals surface area contributed by atoms with Gasteiger partial charge in [0.25, 0.3) is 0 Å². The molecule has 1 unspecified atom stereocenters. The molecule has 0 radical (unpaired) electrons. The van der Waals surface area contributed by atoms with Gasteiger partial charge in [-0.25, -0.2) is 0 Å². The first-order valence-electron chi connectivity index (χ1n) is 7.59. The maximum absolute atomic E-state index is 5.85. The molecule has 0 aromatic heterocycles. The predicted molar refractivity (Wildman–Crippen MR) is 91.8 cm³/mol. The van der Waals surface area contributed by atoms with Crippen molar-refractivity contribution in [2.45, 2.75) is 12.5 Å². The molecule has 108 valence electrons. The Balaban J connectivity index is 2.07. The fourth-order valence-electron chi connectivity index (χ4n) is 3.41. The molecule has 0 bridgehead atoms. The van der Waals surface area contributed by atoms with E-state index in [0.29, 0.717) is 0 Å². The highest BCUT2D eigenvalue weighted by atomic mass is 16.5. The summed E-state index contributed by atoms with van der Waals surface area (Å²) in [5.41, 5.74) is 4.67. The van der Waals surface area contributed by atoms with Crippen LogP contribution in [0.3, 0.4) is 0 Å². The van der Waals surface area contributed by atoms with E-state index in [9.17, 15) is 0 Å². The van der Waals surface area contributed by atoms with Crippen molar-refractivity contribution < 1.29 is 4.74 Å². The Kier molecular flexibility index (Phi) is 2.91. The molecular weight excluding hydrogens is 268 g/mol. The summed E-state index contributed by atoms with van der Waals surface area (Å²) >= 11 is 0. The van der Waals surface area contributed by atoms with Gasteiger partial charge in [-0.05, 0) is 46.0 Å². The Morgan fingerprint density at radius 2 is 1.55 bits per heavy atom. The van der Waals surface area contributed by atoms with E-state index in [4.69, 9.17) is 4.74 Å². The Morgan fingerprint density at radius 1 is 0.818 bits per heavy atom. The number of ether oxygens (including phenoxy) is 1. The molecule has 3 aromatic carbocycles. The minimum absolute atomic E-state index is 0.370. The summed E-state index contributed by atoms with van der Waals surface area (Å²) in [4.78, 5) is 0. The number of methoxy groups -OCH3 is 1. The number of hydrogen-bond donors (Lipinski definition) is 0. The first-order chi connectivity index (χ1) is 10.7. The highest BCUT2D eigenvalue weighted by Gasteiger charge is 2.35. The van der Waals surface area contributed by atoms with Crippen LogP contribution >= 0.6 is 0 Å². The molecule has 22 heavy (non-hydrogen) atoms. The normalized spacial score (nSPS) is 20.0. The summed E-state index contributed by atoms with van der Waals surface area (Å²) in [6, 6.07) is 23.5. The van der Waals surface area contributed by atoms with Crippen LogP contribution in [0, 0.1) is 0 Å². The molecule has 0 saturated heterocycles. The highest BCUT2D eigenvalue weighted by molar-refractivity contribution is 6.01. The maximum Gasteiger partial charge on any atom is 0.110 e. The van der Waals surface area contributed by atoms with Gasteiger partial charge in [0.2, 0.25) is 0 Å². The van der Waals surface area contributed by atoms with Crippen molar-refractivity contribution >= 4 is 16.3 Å². The quantitative estimate of drug-likeness (QED) is 0.633. The zero-order valence-electron chi connectivity index (χ0n) is 12.8. The Bertz CT molecular complexity index is 877. The van der Waals surface area contributed by atoms with Crippen LogP contribution in [0.4, 0.5) is 0 Å². The lowest BCUT2D eigenvalue weighted by Gasteiger charge is -2.22. The van der Waals surface area contributed by atoms with Gasteiger partial charge in [-0.15, -0.1) is 0 Å². The minimum atomic E-state index is -0.370. The molecule has 3 aromatic rings. The van der Waals surface area contributed by atoms with Gasteiger partial charge < -0.3 is 4.74 Å². The topological polar surface area (TPSA) is 9.23 Å². The van der Waals surface area contributed by atoms with Crippen molar-refractivity contribution in [1.82, 2.24) is 0 Å². The van der Waals surface area contributed by atoms with Crippen LogP contribution in [0.5, 0.6) is 0 Å². The fourth-order valence-corrected chi connectivity index (χ4v) is 3.41. The van der Waals surface area contributed by atoms with Crippen LogP contribution < -0.4 is 0 Å². The van der Waals surface area contributed by atoms with Crippen LogP contribution in [0.15, 0.2) is 72.8 Å². The van der Waals surface area contributed by atoms with Gasteiger partial charge in [-0.3, -0.25) is 0 Å². The second kappa shape index (κ2) is 4.82. The lowest BCUT2D eigenvalue weighted by molar-refractivity contribution is 0.0490. The lowest BCUT2D eigenvalue weighted by Crippen LogP contribution is -2.19. The fraction of sp³-hybridized carbons (Fsp3) is 0.143. The summed E-state index contributed by atoms with van der Waals surface area (Å²) in [6.45, 7) is 2.14. The first kappa shape index (κ1) is 13.3. The van der Waals surface area contributed by atoms with Crippen molar-refractivity contribution in [3.63, 3.8) is 0 Å². The van der Waals surface area contributed by atoms with Crippen molar-refractivity contribution in [2.24, 2.45) is 0 Å². The van der Waals surface area contributed by atoms with Gasteiger partial charge in [-0.2, -0.15) is 0 Å². The summed E-state index contributed by atoms with van der Waals surface area (Å²) < 4.78 is 5.85. The van der Waals surface area contributed by atoms with Crippen molar-refractivity contribution in [1.29, 1.82) is 0 Å². The zero-order valence-corrected chi connectivity index (χ0v) is 12.8. The van der Waals surface area contributed by atoms with Crippen LogP contribution in [0.25, 0.3) is 16.3 Å². The SMILES string of the molecule is COC1(C)C=C(c2ccccc2)c2c1ccc1ccccc21. The number of fused-ring (bicyclic) bond motifs is 3. The standard InChI is InChI=1S/C21H18O/c1-21(22-2)14-18(15-8-4-3-5-9-15)20-17-11-7-6-10-16(17)12-13-19(20)21/h3-14H,1-2H3. The summed E-state index contributed by atoms with van der Waals surface area (Å²) in [5, 5.41) is 2.55. The van der Waals surface area contributed by atoms with E-state index in [1.807, 2.05) is 0 Å². The van der Waals surface area contributed by atoms with E-state index in [1.54, 1.807) is 7.11 Å². The third-order valence-corrected chi connectivity index (χ3v) is 4.66. The third-order valence-electron chi connectivity index (χ3n) is 4.66. The highest BCUT2D eigenvalue weighted by Crippen LogP contribution is 2.46. The molecule has 1 heteroatoms. The molecule has 0 amide bonds. The summed E-state index contributed by atoms with van der Waals surface area (Å²) in [6.07, 6.45) is 2.25. The van der Waals surface area contributed by atoms with Crippen LogP contribution in [0.2, 0.25) is 0 Å². The maximum atomic E-state index is 5.85. The van der Waals surface area contributed by atoms with Gasteiger partial charge in [0.15, 0.2) is 0 Å². The van der Waals surface area contributed by atoms with Crippen molar-refractivity contribution in [2.75, 3.05) is 7.11 Å². The monoisotopic (exact) mass is 286 g/mol. The molecule has 0 saturated carbocycles. The summed E-state index contributed by atoms with van der Waals surface area (Å²) in [7, 11) is 1.78. The van der Waals surface area contributed by atoms with E-state index in [1.165, 1.54) is 33.0 Å². The molecular formula is C21H18O. The predicted octanol–water partition coefficient (Wildman–Crippen LogP) is 5.15.